The van der Waals surface area contributed by atoms with Crippen LogP contribution >= 0.6 is 11.3 Å². The second-order valence-corrected chi connectivity index (χ2v) is 6.43. The lowest BCUT2D eigenvalue weighted by Crippen LogP contribution is -2.16. The number of benzene rings is 2. The molecule has 2 aromatic carbocycles. The molecule has 1 amide bonds. The fraction of sp³-hybridized carbons (Fsp3) is 0.222. The molecule has 1 heterocycles. The summed E-state index contributed by atoms with van der Waals surface area (Å²) in [5.74, 6) is -1.09. The van der Waals surface area contributed by atoms with Crippen LogP contribution in [0.2, 0.25) is 0 Å². The standard InChI is InChI=1S/C18H17FN2OS/c1-4-21-15-10-11(2)9-12(3)16(15)23-18(21)20-17(22)13-7-5-6-8-14(13)19/h5-10H,4H2,1-3H3. The van der Waals surface area contributed by atoms with Gasteiger partial charge in [0.1, 0.15) is 5.82 Å². The van der Waals surface area contributed by atoms with Gasteiger partial charge in [-0.3, -0.25) is 4.79 Å². The average molecular weight is 328 g/mol. The number of hydrogen-bond donors (Lipinski definition) is 0. The van der Waals surface area contributed by atoms with Gasteiger partial charge in [-0.1, -0.05) is 29.5 Å². The van der Waals surface area contributed by atoms with Crippen molar-refractivity contribution in [3.05, 3.63) is 63.7 Å². The lowest BCUT2D eigenvalue weighted by molar-refractivity contribution is 0.0994. The Hall–Kier alpha value is -2.27. The van der Waals surface area contributed by atoms with E-state index in [1.54, 1.807) is 12.1 Å². The molecule has 0 aliphatic heterocycles. The highest BCUT2D eigenvalue weighted by molar-refractivity contribution is 7.16. The molecular formula is C18H17FN2OS. The average Bonchev–Trinajstić information content (AvgIpc) is 2.85. The van der Waals surface area contributed by atoms with Crippen LogP contribution < -0.4 is 4.80 Å². The molecule has 1 aromatic heterocycles. The number of aryl methyl sites for hydroxylation is 3. The largest absolute Gasteiger partial charge is 0.317 e. The van der Waals surface area contributed by atoms with Crippen molar-refractivity contribution in [2.45, 2.75) is 27.3 Å². The SMILES string of the molecule is CCn1c(=NC(=O)c2ccccc2F)sc2c(C)cc(C)cc21. The number of nitrogens with zero attached hydrogens (tertiary/aromatic N) is 2. The minimum absolute atomic E-state index is 0.000474. The Morgan fingerprint density at radius 2 is 2.00 bits per heavy atom. The predicted octanol–water partition coefficient (Wildman–Crippen LogP) is 4.22. The number of fused-ring (bicyclic) bond motifs is 1. The normalized spacial score (nSPS) is 12.1. The van der Waals surface area contributed by atoms with Crippen LogP contribution in [0.4, 0.5) is 4.39 Å². The molecule has 0 bridgehead atoms. The Balaban J connectivity index is 2.22. The van der Waals surface area contributed by atoms with E-state index in [0.29, 0.717) is 11.3 Å². The fourth-order valence-corrected chi connectivity index (χ4v) is 3.83. The van der Waals surface area contributed by atoms with Crippen molar-refractivity contribution in [1.29, 1.82) is 0 Å². The summed E-state index contributed by atoms with van der Waals surface area (Å²) in [6.07, 6.45) is 0. The van der Waals surface area contributed by atoms with E-state index in [4.69, 9.17) is 0 Å². The third-order valence-electron chi connectivity index (χ3n) is 3.73. The minimum Gasteiger partial charge on any atom is -0.317 e. The first-order valence-corrected chi connectivity index (χ1v) is 8.27. The van der Waals surface area contributed by atoms with Gasteiger partial charge in [0.15, 0.2) is 4.80 Å². The molecule has 118 valence electrons. The third kappa shape index (κ3) is 2.84. The minimum atomic E-state index is -0.550. The van der Waals surface area contributed by atoms with Gasteiger partial charge in [0, 0.05) is 6.54 Å². The first-order valence-electron chi connectivity index (χ1n) is 7.45. The number of amides is 1. The molecule has 0 radical (unpaired) electrons. The van der Waals surface area contributed by atoms with Crippen molar-refractivity contribution in [3.63, 3.8) is 0 Å². The van der Waals surface area contributed by atoms with Gasteiger partial charge in [0.2, 0.25) is 0 Å². The van der Waals surface area contributed by atoms with Crippen molar-refractivity contribution in [2.75, 3.05) is 0 Å². The number of hydrogen-bond acceptors (Lipinski definition) is 2. The molecule has 0 saturated heterocycles. The van der Waals surface area contributed by atoms with Crippen LogP contribution in [0.3, 0.4) is 0 Å². The van der Waals surface area contributed by atoms with Crippen molar-refractivity contribution >= 4 is 27.5 Å². The molecule has 0 atom stereocenters. The van der Waals surface area contributed by atoms with E-state index >= 15 is 0 Å². The van der Waals surface area contributed by atoms with Crippen LogP contribution in [0.15, 0.2) is 41.4 Å². The molecule has 0 spiro atoms. The Kier molecular flexibility index (Phi) is 4.13. The van der Waals surface area contributed by atoms with Crippen LogP contribution in [-0.2, 0) is 6.54 Å². The molecule has 3 nitrogen and oxygen atoms in total. The number of rotatable bonds is 2. The smallest absolute Gasteiger partial charge is 0.282 e. The molecular weight excluding hydrogens is 311 g/mol. The van der Waals surface area contributed by atoms with Crippen molar-refractivity contribution in [1.82, 2.24) is 4.57 Å². The van der Waals surface area contributed by atoms with E-state index in [9.17, 15) is 9.18 Å². The van der Waals surface area contributed by atoms with Crippen molar-refractivity contribution < 1.29 is 9.18 Å². The second kappa shape index (κ2) is 6.08. The fourth-order valence-electron chi connectivity index (χ4n) is 2.69. The quantitative estimate of drug-likeness (QED) is 0.693. The van der Waals surface area contributed by atoms with Gasteiger partial charge in [-0.15, -0.1) is 0 Å². The molecule has 0 unspecified atom stereocenters. The number of halogens is 1. The number of aromatic nitrogens is 1. The van der Waals surface area contributed by atoms with Gasteiger partial charge in [-0.2, -0.15) is 4.99 Å². The van der Waals surface area contributed by atoms with Gasteiger partial charge in [0.25, 0.3) is 5.91 Å². The van der Waals surface area contributed by atoms with E-state index in [-0.39, 0.29) is 5.56 Å². The molecule has 5 heteroatoms. The van der Waals surface area contributed by atoms with Crippen LogP contribution in [0.1, 0.15) is 28.4 Å². The number of carbonyl (C=O) groups excluding carboxylic acids is 1. The van der Waals surface area contributed by atoms with Gasteiger partial charge < -0.3 is 4.57 Å². The summed E-state index contributed by atoms with van der Waals surface area (Å²) in [6, 6.07) is 10.1. The first-order chi connectivity index (χ1) is 11.0. The molecule has 0 saturated carbocycles. The zero-order valence-electron chi connectivity index (χ0n) is 13.3. The van der Waals surface area contributed by atoms with Crippen LogP contribution in [0.25, 0.3) is 10.2 Å². The Morgan fingerprint density at radius 1 is 1.26 bits per heavy atom. The zero-order valence-corrected chi connectivity index (χ0v) is 14.1. The second-order valence-electron chi connectivity index (χ2n) is 5.46. The number of thiazole rings is 1. The summed E-state index contributed by atoms with van der Waals surface area (Å²) in [5.41, 5.74) is 3.39. The maximum absolute atomic E-state index is 13.8. The summed E-state index contributed by atoms with van der Waals surface area (Å²) in [6.45, 7) is 6.81. The van der Waals surface area contributed by atoms with Crippen molar-refractivity contribution in [2.24, 2.45) is 4.99 Å². The molecule has 0 N–H and O–H groups in total. The number of carbonyl (C=O) groups is 1. The predicted molar refractivity (Wildman–Crippen MR) is 91.3 cm³/mol. The molecule has 0 fully saturated rings. The molecule has 23 heavy (non-hydrogen) atoms. The van der Waals surface area contributed by atoms with Gasteiger partial charge in [-0.25, -0.2) is 4.39 Å². The van der Waals surface area contributed by atoms with Crippen LogP contribution in [0.5, 0.6) is 0 Å². The summed E-state index contributed by atoms with van der Waals surface area (Å²) in [4.78, 5) is 17.1. The van der Waals surface area contributed by atoms with E-state index in [1.807, 2.05) is 25.3 Å². The van der Waals surface area contributed by atoms with Gasteiger partial charge in [0.05, 0.1) is 15.8 Å². The Labute approximate surface area is 137 Å². The lowest BCUT2D eigenvalue weighted by Gasteiger charge is -2.03. The molecule has 0 aliphatic rings. The van der Waals surface area contributed by atoms with Crippen LogP contribution in [-0.4, -0.2) is 10.5 Å². The molecule has 0 aliphatic carbocycles. The molecule has 3 rings (SSSR count). The lowest BCUT2D eigenvalue weighted by atomic mass is 10.1. The van der Waals surface area contributed by atoms with E-state index < -0.39 is 11.7 Å². The van der Waals surface area contributed by atoms with E-state index in [2.05, 4.69) is 17.1 Å². The maximum atomic E-state index is 13.8. The summed E-state index contributed by atoms with van der Waals surface area (Å²) >= 11 is 1.47. The summed E-state index contributed by atoms with van der Waals surface area (Å²) in [5, 5.41) is 0. The topological polar surface area (TPSA) is 34.4 Å². The van der Waals surface area contributed by atoms with E-state index in [0.717, 1.165) is 15.8 Å². The summed E-state index contributed by atoms with van der Waals surface area (Å²) in [7, 11) is 0. The van der Waals surface area contributed by atoms with Gasteiger partial charge in [-0.05, 0) is 50.1 Å². The third-order valence-corrected chi connectivity index (χ3v) is 4.96. The first kappa shape index (κ1) is 15.6. The Bertz CT molecular complexity index is 969. The highest BCUT2D eigenvalue weighted by Gasteiger charge is 2.12. The molecule has 3 aromatic rings. The zero-order chi connectivity index (χ0) is 16.6. The monoisotopic (exact) mass is 328 g/mol. The van der Waals surface area contributed by atoms with Crippen LogP contribution in [0, 0.1) is 19.7 Å². The highest BCUT2D eigenvalue weighted by Crippen LogP contribution is 2.23. The Morgan fingerprint density at radius 3 is 2.70 bits per heavy atom. The summed E-state index contributed by atoms with van der Waals surface area (Å²) < 4.78 is 16.9. The highest BCUT2D eigenvalue weighted by atomic mass is 32.1. The van der Waals surface area contributed by atoms with Gasteiger partial charge >= 0.3 is 0 Å². The van der Waals surface area contributed by atoms with E-state index in [1.165, 1.54) is 29.0 Å². The maximum Gasteiger partial charge on any atom is 0.282 e. The van der Waals surface area contributed by atoms with Crippen molar-refractivity contribution in [3.8, 4) is 0 Å².